The van der Waals surface area contributed by atoms with Crippen LogP contribution in [0.3, 0.4) is 0 Å². The Labute approximate surface area is 125 Å². The SMILES string of the molecule is CC(C)Oc1ccccc1C(C)NS(=O)(=O)C(C)C(=O)O. The molecule has 0 heterocycles. The van der Waals surface area contributed by atoms with E-state index in [0.29, 0.717) is 11.3 Å². The Morgan fingerprint density at radius 1 is 1.19 bits per heavy atom. The maximum Gasteiger partial charge on any atom is 0.323 e. The van der Waals surface area contributed by atoms with Gasteiger partial charge in [0, 0.05) is 11.6 Å². The van der Waals surface area contributed by atoms with E-state index >= 15 is 0 Å². The van der Waals surface area contributed by atoms with Crippen LogP contribution in [0.4, 0.5) is 0 Å². The number of carbonyl (C=O) groups is 1. The average molecular weight is 315 g/mol. The van der Waals surface area contributed by atoms with Crippen molar-refractivity contribution in [2.75, 3.05) is 0 Å². The fraction of sp³-hybridized carbons (Fsp3) is 0.500. The highest BCUT2D eigenvalue weighted by Gasteiger charge is 2.29. The van der Waals surface area contributed by atoms with E-state index in [0.717, 1.165) is 6.92 Å². The van der Waals surface area contributed by atoms with E-state index in [-0.39, 0.29) is 6.10 Å². The number of carboxylic acid groups (broad SMARTS) is 1. The molecular weight excluding hydrogens is 294 g/mol. The molecule has 0 aliphatic rings. The second-order valence-electron chi connectivity index (χ2n) is 5.07. The van der Waals surface area contributed by atoms with Gasteiger partial charge in [-0.05, 0) is 33.8 Å². The van der Waals surface area contributed by atoms with Gasteiger partial charge in [-0.3, -0.25) is 4.79 Å². The summed E-state index contributed by atoms with van der Waals surface area (Å²) in [5.74, 6) is -0.813. The van der Waals surface area contributed by atoms with Gasteiger partial charge in [0.1, 0.15) is 5.75 Å². The zero-order valence-electron chi connectivity index (χ0n) is 12.5. The molecule has 0 aliphatic carbocycles. The minimum absolute atomic E-state index is 0.0482. The molecule has 6 nitrogen and oxygen atoms in total. The van der Waals surface area contributed by atoms with Crippen molar-refractivity contribution in [2.24, 2.45) is 0 Å². The van der Waals surface area contributed by atoms with E-state index in [1.165, 1.54) is 0 Å². The molecule has 0 aliphatic heterocycles. The third-order valence-corrected chi connectivity index (χ3v) is 4.72. The highest BCUT2D eigenvalue weighted by atomic mass is 32.2. The molecule has 0 aromatic heterocycles. The van der Waals surface area contributed by atoms with Gasteiger partial charge >= 0.3 is 5.97 Å². The Hall–Kier alpha value is -1.60. The summed E-state index contributed by atoms with van der Waals surface area (Å²) in [6.07, 6.45) is -0.0482. The van der Waals surface area contributed by atoms with Gasteiger partial charge in [0.15, 0.2) is 5.25 Å². The molecule has 1 aromatic carbocycles. The third-order valence-electron chi connectivity index (χ3n) is 2.90. The Balaban J connectivity index is 3.00. The summed E-state index contributed by atoms with van der Waals surface area (Å²) >= 11 is 0. The molecular formula is C14H21NO5S. The first-order valence-electron chi connectivity index (χ1n) is 6.64. The number of carboxylic acids is 1. The van der Waals surface area contributed by atoms with Crippen LogP contribution in [-0.4, -0.2) is 30.8 Å². The Morgan fingerprint density at radius 3 is 2.29 bits per heavy atom. The number of hydrogen-bond acceptors (Lipinski definition) is 4. The molecule has 0 saturated carbocycles. The molecule has 0 radical (unpaired) electrons. The van der Waals surface area contributed by atoms with Gasteiger partial charge in [-0.25, -0.2) is 13.1 Å². The zero-order valence-corrected chi connectivity index (χ0v) is 13.3. The van der Waals surface area contributed by atoms with E-state index in [9.17, 15) is 13.2 Å². The highest BCUT2D eigenvalue weighted by Crippen LogP contribution is 2.26. The fourth-order valence-electron chi connectivity index (χ4n) is 1.74. The number of aliphatic carboxylic acids is 1. The van der Waals surface area contributed by atoms with Gasteiger partial charge in [-0.1, -0.05) is 18.2 Å². The first-order chi connectivity index (χ1) is 9.65. The zero-order chi connectivity index (χ0) is 16.2. The maximum absolute atomic E-state index is 12.0. The normalized spacial score (nSPS) is 14.7. The van der Waals surface area contributed by atoms with Gasteiger partial charge in [-0.2, -0.15) is 0 Å². The number of hydrogen-bond donors (Lipinski definition) is 2. The van der Waals surface area contributed by atoms with Gasteiger partial charge in [0.05, 0.1) is 6.10 Å². The van der Waals surface area contributed by atoms with E-state index < -0.39 is 27.3 Å². The summed E-state index contributed by atoms with van der Waals surface area (Å²) in [7, 11) is -3.96. The van der Waals surface area contributed by atoms with Crippen molar-refractivity contribution in [1.82, 2.24) is 4.72 Å². The predicted molar refractivity (Wildman–Crippen MR) is 79.8 cm³/mol. The lowest BCUT2D eigenvalue weighted by Crippen LogP contribution is -2.38. The monoisotopic (exact) mass is 315 g/mol. The van der Waals surface area contributed by atoms with Crippen molar-refractivity contribution in [1.29, 1.82) is 0 Å². The second kappa shape index (κ2) is 6.91. The quantitative estimate of drug-likeness (QED) is 0.802. The van der Waals surface area contributed by atoms with Crippen molar-refractivity contribution in [3.8, 4) is 5.75 Å². The molecule has 0 bridgehead atoms. The van der Waals surface area contributed by atoms with Crippen LogP contribution in [0.25, 0.3) is 0 Å². The first-order valence-corrected chi connectivity index (χ1v) is 8.19. The lowest BCUT2D eigenvalue weighted by molar-refractivity contribution is -0.136. The Bertz CT molecular complexity index is 597. The van der Waals surface area contributed by atoms with Crippen LogP contribution >= 0.6 is 0 Å². The molecule has 2 N–H and O–H groups in total. The highest BCUT2D eigenvalue weighted by molar-refractivity contribution is 7.90. The summed E-state index contributed by atoms with van der Waals surface area (Å²) in [5, 5.41) is 7.32. The first kappa shape index (κ1) is 17.5. The van der Waals surface area contributed by atoms with Crippen LogP contribution in [0, 0.1) is 0 Å². The van der Waals surface area contributed by atoms with Crippen molar-refractivity contribution in [3.63, 3.8) is 0 Å². The molecule has 0 amide bonds. The van der Waals surface area contributed by atoms with Crippen LogP contribution in [0.1, 0.15) is 39.3 Å². The summed E-state index contributed by atoms with van der Waals surface area (Å²) in [5.41, 5.74) is 0.660. The topological polar surface area (TPSA) is 92.7 Å². The number of rotatable bonds is 7. The van der Waals surface area contributed by atoms with Crippen molar-refractivity contribution >= 4 is 16.0 Å². The number of benzene rings is 1. The van der Waals surface area contributed by atoms with Crippen molar-refractivity contribution in [3.05, 3.63) is 29.8 Å². The minimum atomic E-state index is -3.96. The van der Waals surface area contributed by atoms with Crippen LogP contribution in [0.15, 0.2) is 24.3 Å². The molecule has 1 aromatic rings. The second-order valence-corrected chi connectivity index (χ2v) is 7.10. The van der Waals surface area contributed by atoms with E-state index in [4.69, 9.17) is 9.84 Å². The predicted octanol–water partition coefficient (Wildman–Crippen LogP) is 1.93. The summed E-state index contributed by atoms with van der Waals surface area (Å²) in [4.78, 5) is 10.8. The molecule has 1 rings (SSSR count). The van der Waals surface area contributed by atoms with E-state index in [1.54, 1.807) is 31.2 Å². The summed E-state index contributed by atoms with van der Waals surface area (Å²) in [6, 6.07) is 6.47. The van der Waals surface area contributed by atoms with Crippen LogP contribution in [0.2, 0.25) is 0 Å². The van der Waals surface area contributed by atoms with Crippen LogP contribution < -0.4 is 9.46 Å². The van der Waals surface area contributed by atoms with Gasteiger partial charge in [-0.15, -0.1) is 0 Å². The van der Waals surface area contributed by atoms with Crippen LogP contribution in [-0.2, 0) is 14.8 Å². The smallest absolute Gasteiger partial charge is 0.323 e. The molecule has 0 fully saturated rings. The number of para-hydroxylation sites is 1. The lowest BCUT2D eigenvalue weighted by atomic mass is 10.1. The molecule has 0 spiro atoms. The molecule has 0 saturated heterocycles. The molecule has 7 heteroatoms. The molecule has 21 heavy (non-hydrogen) atoms. The maximum atomic E-state index is 12.0. The van der Waals surface area contributed by atoms with Crippen molar-refractivity contribution in [2.45, 2.75) is 45.1 Å². The lowest BCUT2D eigenvalue weighted by Gasteiger charge is -2.20. The average Bonchev–Trinajstić information content (AvgIpc) is 2.36. The summed E-state index contributed by atoms with van der Waals surface area (Å²) in [6.45, 7) is 6.53. The van der Waals surface area contributed by atoms with E-state index in [2.05, 4.69) is 4.72 Å². The largest absolute Gasteiger partial charge is 0.491 e. The third kappa shape index (κ3) is 4.71. The van der Waals surface area contributed by atoms with Crippen molar-refractivity contribution < 1.29 is 23.1 Å². The standard InChI is InChI=1S/C14H21NO5S/c1-9(2)20-13-8-6-5-7-12(13)10(3)15-21(18,19)11(4)14(16)17/h5-11,15H,1-4H3,(H,16,17). The molecule has 2 unspecified atom stereocenters. The van der Waals surface area contributed by atoms with E-state index in [1.807, 2.05) is 13.8 Å². The minimum Gasteiger partial charge on any atom is -0.491 e. The van der Waals surface area contributed by atoms with Gasteiger partial charge < -0.3 is 9.84 Å². The summed E-state index contributed by atoms with van der Waals surface area (Å²) < 4.78 is 31.9. The Morgan fingerprint density at radius 2 is 1.76 bits per heavy atom. The van der Waals surface area contributed by atoms with Crippen LogP contribution in [0.5, 0.6) is 5.75 Å². The van der Waals surface area contributed by atoms with Gasteiger partial charge in [0.2, 0.25) is 10.0 Å². The Kier molecular flexibility index (Phi) is 5.74. The molecule has 2 atom stereocenters. The fourth-order valence-corrected chi connectivity index (χ4v) is 2.83. The number of nitrogens with one attached hydrogen (secondary N) is 1. The van der Waals surface area contributed by atoms with Gasteiger partial charge in [0.25, 0.3) is 0 Å². The number of ether oxygens (including phenoxy) is 1. The molecule has 118 valence electrons. The number of sulfonamides is 1.